The van der Waals surface area contributed by atoms with Gasteiger partial charge < -0.3 is 15.4 Å². The van der Waals surface area contributed by atoms with Crippen LogP contribution in [0.1, 0.15) is 28.0 Å². The summed E-state index contributed by atoms with van der Waals surface area (Å²) in [6, 6.07) is 8.92. The van der Waals surface area contributed by atoms with E-state index in [9.17, 15) is 4.79 Å². The number of aryl methyl sites for hydroxylation is 1. The van der Waals surface area contributed by atoms with E-state index in [4.69, 9.17) is 10.5 Å². The maximum absolute atomic E-state index is 12.5. The van der Waals surface area contributed by atoms with Gasteiger partial charge in [-0.15, -0.1) is 0 Å². The van der Waals surface area contributed by atoms with Gasteiger partial charge in [-0.05, 0) is 31.2 Å². The maximum Gasteiger partial charge on any atom is 0.272 e. The van der Waals surface area contributed by atoms with E-state index >= 15 is 0 Å². The molecule has 1 saturated heterocycles. The standard InChI is InChI=1S/C16H18N4O2/c1-11-8-12(17)9-14(19-11)15-10-20(6-7-22-15)16(21)13-4-2-3-5-18-13/h2-5,8-9,15H,6-7,10H2,1H3,(H2,17,19). The van der Waals surface area contributed by atoms with E-state index < -0.39 is 0 Å². The van der Waals surface area contributed by atoms with E-state index in [2.05, 4.69) is 9.97 Å². The number of aromatic nitrogens is 2. The van der Waals surface area contributed by atoms with Gasteiger partial charge in [-0.3, -0.25) is 14.8 Å². The van der Waals surface area contributed by atoms with Crippen LogP contribution in [-0.2, 0) is 4.74 Å². The fourth-order valence-corrected chi connectivity index (χ4v) is 2.55. The van der Waals surface area contributed by atoms with Gasteiger partial charge in [0.2, 0.25) is 0 Å². The van der Waals surface area contributed by atoms with E-state index in [1.54, 1.807) is 35.4 Å². The quantitative estimate of drug-likeness (QED) is 0.910. The summed E-state index contributed by atoms with van der Waals surface area (Å²) in [5, 5.41) is 0. The Morgan fingerprint density at radius 1 is 1.41 bits per heavy atom. The van der Waals surface area contributed by atoms with Gasteiger partial charge in [0.1, 0.15) is 11.8 Å². The smallest absolute Gasteiger partial charge is 0.272 e. The van der Waals surface area contributed by atoms with Crippen molar-refractivity contribution in [2.24, 2.45) is 0 Å². The van der Waals surface area contributed by atoms with E-state index in [-0.39, 0.29) is 12.0 Å². The average Bonchev–Trinajstić information content (AvgIpc) is 2.54. The minimum atomic E-state index is -0.261. The van der Waals surface area contributed by atoms with Crippen molar-refractivity contribution in [2.45, 2.75) is 13.0 Å². The first-order chi connectivity index (χ1) is 10.6. The monoisotopic (exact) mass is 298 g/mol. The highest BCUT2D eigenvalue weighted by Gasteiger charge is 2.27. The first kappa shape index (κ1) is 14.5. The molecule has 1 unspecified atom stereocenters. The number of carbonyl (C=O) groups is 1. The third-order valence-electron chi connectivity index (χ3n) is 3.56. The zero-order valence-corrected chi connectivity index (χ0v) is 12.4. The van der Waals surface area contributed by atoms with Crippen molar-refractivity contribution in [3.05, 3.63) is 53.6 Å². The number of pyridine rings is 2. The molecule has 0 bridgehead atoms. The lowest BCUT2D eigenvalue weighted by molar-refractivity contribution is -0.0249. The van der Waals surface area contributed by atoms with Crippen LogP contribution in [0.2, 0.25) is 0 Å². The van der Waals surface area contributed by atoms with E-state index in [0.717, 1.165) is 11.4 Å². The van der Waals surface area contributed by atoms with Crippen molar-refractivity contribution in [3.63, 3.8) is 0 Å². The van der Waals surface area contributed by atoms with Crippen LogP contribution >= 0.6 is 0 Å². The number of hydrogen-bond donors (Lipinski definition) is 1. The Bertz CT molecular complexity index is 655. The second-order valence-electron chi connectivity index (χ2n) is 5.29. The SMILES string of the molecule is Cc1cc(N)cc(C2CN(C(=O)c3ccccn3)CCO2)n1. The summed E-state index contributed by atoms with van der Waals surface area (Å²) >= 11 is 0. The van der Waals surface area contributed by atoms with Crippen LogP contribution in [-0.4, -0.2) is 40.5 Å². The van der Waals surface area contributed by atoms with Crippen LogP contribution in [0, 0.1) is 6.92 Å². The molecule has 0 aliphatic carbocycles. The van der Waals surface area contributed by atoms with Crippen LogP contribution < -0.4 is 5.73 Å². The molecule has 1 aliphatic heterocycles. The number of anilines is 1. The predicted octanol–water partition coefficient (Wildman–Crippen LogP) is 1.58. The van der Waals surface area contributed by atoms with Gasteiger partial charge in [0.15, 0.2) is 0 Å². The number of amides is 1. The summed E-state index contributed by atoms with van der Waals surface area (Å²) in [5.41, 5.74) is 8.56. The number of hydrogen-bond acceptors (Lipinski definition) is 5. The second-order valence-corrected chi connectivity index (χ2v) is 5.29. The van der Waals surface area contributed by atoms with Crippen LogP contribution in [0.4, 0.5) is 5.69 Å². The molecule has 1 aliphatic rings. The third-order valence-corrected chi connectivity index (χ3v) is 3.56. The molecule has 0 spiro atoms. The van der Waals surface area contributed by atoms with Crippen LogP contribution in [0.5, 0.6) is 0 Å². The van der Waals surface area contributed by atoms with E-state index in [1.165, 1.54) is 0 Å². The van der Waals surface area contributed by atoms with Gasteiger partial charge in [0, 0.05) is 24.1 Å². The normalized spacial score (nSPS) is 18.2. The maximum atomic E-state index is 12.5. The Kier molecular flexibility index (Phi) is 4.02. The molecule has 0 saturated carbocycles. The van der Waals surface area contributed by atoms with Crippen LogP contribution in [0.3, 0.4) is 0 Å². The molecular weight excluding hydrogens is 280 g/mol. The molecule has 2 N–H and O–H groups in total. The summed E-state index contributed by atoms with van der Waals surface area (Å²) < 4.78 is 5.76. The number of rotatable bonds is 2. The van der Waals surface area contributed by atoms with Crippen molar-refractivity contribution in [2.75, 3.05) is 25.4 Å². The third kappa shape index (κ3) is 3.07. The molecule has 114 valence electrons. The predicted molar refractivity (Wildman–Crippen MR) is 82.2 cm³/mol. The number of carbonyl (C=O) groups excluding carboxylic acids is 1. The average molecular weight is 298 g/mol. The van der Waals surface area contributed by atoms with Crippen LogP contribution in [0.25, 0.3) is 0 Å². The van der Waals surface area contributed by atoms with Crippen molar-refractivity contribution >= 4 is 11.6 Å². The van der Waals surface area contributed by atoms with Gasteiger partial charge in [-0.25, -0.2) is 0 Å². The molecule has 6 heteroatoms. The summed E-state index contributed by atoms with van der Waals surface area (Å²) in [6.45, 7) is 3.36. The minimum Gasteiger partial charge on any atom is -0.399 e. The van der Waals surface area contributed by atoms with Crippen molar-refractivity contribution in [1.82, 2.24) is 14.9 Å². The molecule has 1 atom stereocenters. The van der Waals surface area contributed by atoms with E-state index in [1.807, 2.05) is 13.0 Å². The molecule has 1 fully saturated rings. The Morgan fingerprint density at radius 3 is 3.00 bits per heavy atom. The number of morpholine rings is 1. The second kappa shape index (κ2) is 6.11. The Balaban J connectivity index is 1.78. The molecule has 3 rings (SSSR count). The lowest BCUT2D eigenvalue weighted by Gasteiger charge is -2.32. The van der Waals surface area contributed by atoms with Crippen molar-refractivity contribution in [3.8, 4) is 0 Å². The first-order valence-electron chi connectivity index (χ1n) is 7.19. The molecule has 2 aromatic heterocycles. The zero-order valence-electron chi connectivity index (χ0n) is 12.4. The molecule has 0 aromatic carbocycles. The number of nitrogens with two attached hydrogens (primary N) is 1. The first-order valence-corrected chi connectivity index (χ1v) is 7.19. The molecule has 6 nitrogen and oxygen atoms in total. The van der Waals surface area contributed by atoms with Crippen LogP contribution in [0.15, 0.2) is 36.5 Å². The van der Waals surface area contributed by atoms with Gasteiger partial charge in [0.05, 0.1) is 18.8 Å². The highest BCUT2D eigenvalue weighted by molar-refractivity contribution is 5.92. The van der Waals surface area contributed by atoms with Gasteiger partial charge in [-0.1, -0.05) is 6.07 Å². The van der Waals surface area contributed by atoms with Gasteiger partial charge >= 0.3 is 0 Å². The van der Waals surface area contributed by atoms with E-state index in [0.29, 0.717) is 31.1 Å². The largest absolute Gasteiger partial charge is 0.399 e. The molecule has 3 heterocycles. The van der Waals surface area contributed by atoms with Crippen molar-refractivity contribution < 1.29 is 9.53 Å². The summed E-state index contributed by atoms with van der Waals surface area (Å²) in [7, 11) is 0. The fourth-order valence-electron chi connectivity index (χ4n) is 2.55. The lowest BCUT2D eigenvalue weighted by Crippen LogP contribution is -2.42. The summed E-state index contributed by atoms with van der Waals surface area (Å²) in [4.78, 5) is 22.8. The Morgan fingerprint density at radius 2 is 2.27 bits per heavy atom. The number of nitrogen functional groups attached to an aromatic ring is 1. The molecule has 1 amide bonds. The Hall–Kier alpha value is -2.47. The Labute approximate surface area is 128 Å². The highest BCUT2D eigenvalue weighted by Crippen LogP contribution is 2.23. The van der Waals surface area contributed by atoms with Crippen molar-refractivity contribution in [1.29, 1.82) is 0 Å². The molecule has 0 radical (unpaired) electrons. The van der Waals surface area contributed by atoms with Gasteiger partial charge in [0.25, 0.3) is 5.91 Å². The van der Waals surface area contributed by atoms with Gasteiger partial charge in [-0.2, -0.15) is 0 Å². The minimum absolute atomic E-state index is 0.0884. The zero-order chi connectivity index (χ0) is 15.5. The fraction of sp³-hybridized carbons (Fsp3) is 0.312. The summed E-state index contributed by atoms with van der Waals surface area (Å²) in [5.74, 6) is -0.0884. The number of ether oxygens (including phenoxy) is 1. The number of nitrogens with zero attached hydrogens (tertiary/aromatic N) is 3. The molecule has 2 aromatic rings. The molecular formula is C16H18N4O2. The topological polar surface area (TPSA) is 81.3 Å². The molecule has 22 heavy (non-hydrogen) atoms. The highest BCUT2D eigenvalue weighted by atomic mass is 16.5. The lowest BCUT2D eigenvalue weighted by atomic mass is 10.1. The summed E-state index contributed by atoms with van der Waals surface area (Å²) in [6.07, 6.45) is 1.36.